The van der Waals surface area contributed by atoms with Crippen molar-refractivity contribution in [3.05, 3.63) is 16.3 Å². The van der Waals surface area contributed by atoms with Gasteiger partial charge in [0.05, 0.1) is 0 Å². The van der Waals surface area contributed by atoms with Crippen LogP contribution in [0, 0.1) is 0 Å². The molecule has 2 nitrogen and oxygen atoms in total. The molecule has 0 unspecified atom stereocenters. The van der Waals surface area contributed by atoms with E-state index in [2.05, 4.69) is 12.6 Å². The molecule has 0 radical (unpaired) electrons. The average molecular weight is 160 g/mol. The number of carboxylic acid groups (broad SMARTS) is 1. The van der Waals surface area contributed by atoms with Crippen molar-refractivity contribution in [1.29, 1.82) is 0 Å². The fourth-order valence-electron chi connectivity index (χ4n) is 0.438. The van der Waals surface area contributed by atoms with Gasteiger partial charge in [-0.05, 0) is 6.07 Å². The van der Waals surface area contributed by atoms with Crippen molar-refractivity contribution in [2.24, 2.45) is 0 Å². The molecule has 1 heterocycles. The maximum absolute atomic E-state index is 10.2. The van der Waals surface area contributed by atoms with E-state index in [0.717, 1.165) is 0 Å². The van der Waals surface area contributed by atoms with Gasteiger partial charge in [-0.15, -0.1) is 24.0 Å². The molecular formula is C5H4O2S2. The Bertz CT molecular complexity index is 229. The Kier molecular flexibility index (Phi) is 1.78. The largest absolute Gasteiger partial charge is 0.477 e. The van der Waals surface area contributed by atoms with Crippen LogP contribution < -0.4 is 0 Å². The van der Waals surface area contributed by atoms with Gasteiger partial charge in [-0.25, -0.2) is 4.79 Å². The van der Waals surface area contributed by atoms with Crippen LogP contribution in [0.4, 0.5) is 0 Å². The van der Waals surface area contributed by atoms with Gasteiger partial charge >= 0.3 is 5.97 Å². The normalized spacial score (nSPS) is 9.44. The van der Waals surface area contributed by atoms with E-state index in [9.17, 15) is 4.79 Å². The summed E-state index contributed by atoms with van der Waals surface area (Å²) in [5.74, 6) is -0.889. The second-order valence-electron chi connectivity index (χ2n) is 1.47. The van der Waals surface area contributed by atoms with Gasteiger partial charge in [0.2, 0.25) is 0 Å². The lowest BCUT2D eigenvalue weighted by Gasteiger charge is -1.79. The Morgan fingerprint density at radius 1 is 1.78 bits per heavy atom. The third-order valence-corrected chi connectivity index (χ3v) is 2.15. The highest BCUT2D eigenvalue weighted by Crippen LogP contribution is 2.16. The van der Waals surface area contributed by atoms with Crippen molar-refractivity contribution in [3.63, 3.8) is 0 Å². The number of rotatable bonds is 1. The highest BCUT2D eigenvalue weighted by molar-refractivity contribution is 7.80. The maximum Gasteiger partial charge on any atom is 0.345 e. The Morgan fingerprint density at radius 2 is 2.44 bits per heavy atom. The van der Waals surface area contributed by atoms with E-state index in [-0.39, 0.29) is 0 Å². The number of thiol groups is 1. The molecular weight excluding hydrogens is 156 g/mol. The van der Waals surface area contributed by atoms with Crippen LogP contribution in [0.5, 0.6) is 0 Å². The van der Waals surface area contributed by atoms with Crippen molar-refractivity contribution >= 4 is 29.9 Å². The molecule has 0 spiro atoms. The molecule has 0 saturated heterocycles. The molecule has 0 atom stereocenters. The predicted octanol–water partition coefficient (Wildman–Crippen LogP) is 1.74. The molecule has 0 amide bonds. The number of aromatic carboxylic acids is 1. The molecule has 1 N–H and O–H groups in total. The summed E-state index contributed by atoms with van der Waals surface area (Å²) in [7, 11) is 0. The molecule has 48 valence electrons. The Hall–Kier alpha value is -0.480. The standard InChI is InChI=1S/C5H4O2S2/c6-5(7)4-1-3(8)2-9-4/h1-2,8H,(H,6,7). The fraction of sp³-hybridized carbons (Fsp3) is 0. The third-order valence-electron chi connectivity index (χ3n) is 0.796. The summed E-state index contributed by atoms with van der Waals surface area (Å²) in [6.45, 7) is 0. The summed E-state index contributed by atoms with van der Waals surface area (Å²) in [5.41, 5.74) is 0. The van der Waals surface area contributed by atoms with Crippen LogP contribution in [0.15, 0.2) is 16.3 Å². The van der Waals surface area contributed by atoms with Gasteiger partial charge in [-0.2, -0.15) is 0 Å². The number of hydrogen-bond donors (Lipinski definition) is 2. The van der Waals surface area contributed by atoms with Crippen LogP contribution in [-0.4, -0.2) is 11.1 Å². The number of thiophene rings is 1. The van der Waals surface area contributed by atoms with Crippen LogP contribution in [0.1, 0.15) is 9.67 Å². The van der Waals surface area contributed by atoms with Crippen LogP contribution >= 0.6 is 24.0 Å². The van der Waals surface area contributed by atoms with E-state index in [1.54, 1.807) is 5.38 Å². The van der Waals surface area contributed by atoms with Crippen LogP contribution in [0.2, 0.25) is 0 Å². The van der Waals surface area contributed by atoms with Crippen LogP contribution in [0.3, 0.4) is 0 Å². The zero-order chi connectivity index (χ0) is 6.85. The van der Waals surface area contributed by atoms with E-state index < -0.39 is 5.97 Å². The highest BCUT2D eigenvalue weighted by atomic mass is 32.1. The van der Waals surface area contributed by atoms with Crippen LogP contribution in [0.25, 0.3) is 0 Å². The van der Waals surface area contributed by atoms with Crippen molar-refractivity contribution in [2.45, 2.75) is 4.90 Å². The summed E-state index contributed by atoms with van der Waals surface area (Å²) in [6, 6.07) is 1.52. The number of carboxylic acids is 1. The molecule has 0 bridgehead atoms. The van der Waals surface area contributed by atoms with Crippen molar-refractivity contribution in [1.82, 2.24) is 0 Å². The first-order valence-electron chi connectivity index (χ1n) is 2.21. The van der Waals surface area contributed by atoms with Gasteiger partial charge in [-0.1, -0.05) is 0 Å². The lowest BCUT2D eigenvalue weighted by Crippen LogP contribution is -1.89. The first kappa shape index (κ1) is 6.64. The SMILES string of the molecule is O=C(O)c1cc(S)cs1. The third kappa shape index (κ3) is 1.46. The maximum atomic E-state index is 10.2. The molecule has 0 aliphatic rings. The van der Waals surface area contributed by atoms with Gasteiger partial charge in [0, 0.05) is 10.3 Å². The summed E-state index contributed by atoms with van der Waals surface area (Å²) >= 11 is 5.13. The first-order chi connectivity index (χ1) is 4.20. The lowest BCUT2D eigenvalue weighted by atomic mass is 10.5. The molecule has 0 fully saturated rings. The summed E-state index contributed by atoms with van der Waals surface area (Å²) in [6.07, 6.45) is 0. The van der Waals surface area contributed by atoms with E-state index in [4.69, 9.17) is 5.11 Å². The molecule has 0 aromatic carbocycles. The monoisotopic (exact) mass is 160 g/mol. The Labute approximate surface area is 61.5 Å². The first-order valence-corrected chi connectivity index (χ1v) is 3.53. The second-order valence-corrected chi connectivity index (χ2v) is 2.90. The average Bonchev–Trinajstić information content (AvgIpc) is 2.14. The predicted molar refractivity (Wildman–Crippen MR) is 38.5 cm³/mol. The summed E-state index contributed by atoms with van der Waals surface area (Å²) < 4.78 is 0. The summed E-state index contributed by atoms with van der Waals surface area (Å²) in [5, 5.41) is 10.1. The Balaban J connectivity index is 2.98. The molecule has 1 aromatic heterocycles. The minimum atomic E-state index is -0.889. The van der Waals surface area contributed by atoms with Gasteiger partial charge in [0.1, 0.15) is 4.88 Å². The summed E-state index contributed by atoms with van der Waals surface area (Å²) in [4.78, 5) is 11.2. The fourth-order valence-corrected chi connectivity index (χ4v) is 1.42. The lowest BCUT2D eigenvalue weighted by molar-refractivity contribution is 0.0702. The van der Waals surface area contributed by atoms with E-state index in [1.165, 1.54) is 17.4 Å². The zero-order valence-electron chi connectivity index (χ0n) is 4.37. The van der Waals surface area contributed by atoms with Gasteiger partial charge in [-0.3, -0.25) is 0 Å². The van der Waals surface area contributed by atoms with E-state index in [0.29, 0.717) is 9.77 Å². The minimum absolute atomic E-state index is 0.333. The van der Waals surface area contributed by atoms with E-state index in [1.807, 2.05) is 0 Å². The molecule has 1 aromatic rings. The smallest absolute Gasteiger partial charge is 0.345 e. The van der Waals surface area contributed by atoms with Crippen molar-refractivity contribution < 1.29 is 9.90 Å². The van der Waals surface area contributed by atoms with Crippen LogP contribution in [-0.2, 0) is 0 Å². The molecule has 1 rings (SSSR count). The van der Waals surface area contributed by atoms with E-state index >= 15 is 0 Å². The molecule has 9 heavy (non-hydrogen) atoms. The molecule has 0 aliphatic carbocycles. The topological polar surface area (TPSA) is 37.3 Å². The van der Waals surface area contributed by atoms with Gasteiger partial charge in [0.25, 0.3) is 0 Å². The van der Waals surface area contributed by atoms with Crippen molar-refractivity contribution in [3.8, 4) is 0 Å². The van der Waals surface area contributed by atoms with Crippen molar-refractivity contribution in [2.75, 3.05) is 0 Å². The van der Waals surface area contributed by atoms with Gasteiger partial charge in [0.15, 0.2) is 0 Å². The number of carbonyl (C=O) groups is 1. The molecule has 4 heteroatoms. The minimum Gasteiger partial charge on any atom is -0.477 e. The molecule has 0 saturated carbocycles. The molecule has 0 aliphatic heterocycles. The zero-order valence-corrected chi connectivity index (χ0v) is 6.08. The van der Waals surface area contributed by atoms with Gasteiger partial charge < -0.3 is 5.11 Å². The second kappa shape index (κ2) is 2.41. The number of hydrogen-bond acceptors (Lipinski definition) is 3. The highest BCUT2D eigenvalue weighted by Gasteiger charge is 2.03. The quantitative estimate of drug-likeness (QED) is 0.614. The Morgan fingerprint density at radius 3 is 2.67 bits per heavy atom.